The van der Waals surface area contributed by atoms with Crippen LogP contribution in [0.25, 0.3) is 11.0 Å². The average molecular weight is 511 g/mol. The van der Waals surface area contributed by atoms with Crippen LogP contribution in [-0.2, 0) is 6.42 Å². The smallest absolute Gasteiger partial charge is 0.171 e. The molecule has 0 amide bonds. The molecule has 1 fully saturated rings. The molecule has 1 aliphatic heterocycles. The number of hydrogen-bond donors (Lipinski definition) is 3. The van der Waals surface area contributed by atoms with Crippen molar-refractivity contribution in [3.05, 3.63) is 69.7 Å². The number of halogens is 2. The SMILES string of the molecule is Nc1nc(N2CCC3(CC2)Cc2ccccc2[C@H]3N)cc2nc(Sc3cccc(Cl)c3Cl)[nH]c12. The molecule has 174 valence electrons. The third-order valence-corrected chi connectivity index (χ3v) is 9.14. The molecule has 5 N–H and O–H groups in total. The molecule has 1 saturated heterocycles. The fourth-order valence-corrected chi connectivity index (χ4v) is 6.69. The van der Waals surface area contributed by atoms with Gasteiger partial charge in [0.15, 0.2) is 11.0 Å². The lowest BCUT2D eigenvalue weighted by Crippen LogP contribution is -2.44. The Morgan fingerprint density at radius 2 is 1.85 bits per heavy atom. The largest absolute Gasteiger partial charge is 0.382 e. The molecule has 0 unspecified atom stereocenters. The van der Waals surface area contributed by atoms with E-state index in [4.69, 9.17) is 44.6 Å². The Labute approximate surface area is 212 Å². The predicted molar refractivity (Wildman–Crippen MR) is 140 cm³/mol. The van der Waals surface area contributed by atoms with Crippen LogP contribution in [0.15, 0.2) is 58.6 Å². The minimum Gasteiger partial charge on any atom is -0.382 e. The minimum atomic E-state index is 0.0931. The first-order valence-electron chi connectivity index (χ1n) is 11.3. The summed E-state index contributed by atoms with van der Waals surface area (Å²) in [6, 6.07) is 16.2. The van der Waals surface area contributed by atoms with Crippen LogP contribution in [0.3, 0.4) is 0 Å². The lowest BCUT2D eigenvalue weighted by Gasteiger charge is -2.42. The summed E-state index contributed by atoms with van der Waals surface area (Å²) in [5.74, 6) is 1.29. The summed E-state index contributed by atoms with van der Waals surface area (Å²) in [5, 5.41) is 1.72. The lowest BCUT2D eigenvalue weighted by molar-refractivity contribution is 0.187. The molecule has 4 aromatic rings. The van der Waals surface area contributed by atoms with Crippen LogP contribution in [0.2, 0.25) is 10.0 Å². The Morgan fingerprint density at radius 1 is 1.06 bits per heavy atom. The van der Waals surface area contributed by atoms with Crippen molar-refractivity contribution in [2.24, 2.45) is 11.1 Å². The summed E-state index contributed by atoms with van der Waals surface area (Å²) in [7, 11) is 0. The molecule has 0 saturated carbocycles. The minimum absolute atomic E-state index is 0.0931. The summed E-state index contributed by atoms with van der Waals surface area (Å²) >= 11 is 13.9. The molecule has 2 aromatic heterocycles. The highest BCUT2D eigenvalue weighted by Crippen LogP contribution is 2.51. The molecular formula is C25H24Cl2N6S. The highest BCUT2D eigenvalue weighted by molar-refractivity contribution is 7.99. The van der Waals surface area contributed by atoms with Crippen LogP contribution in [0.5, 0.6) is 0 Å². The van der Waals surface area contributed by atoms with Crippen LogP contribution in [0.1, 0.15) is 30.0 Å². The van der Waals surface area contributed by atoms with Gasteiger partial charge in [-0.1, -0.05) is 65.3 Å². The maximum Gasteiger partial charge on any atom is 0.171 e. The van der Waals surface area contributed by atoms with Crippen molar-refractivity contribution >= 4 is 57.6 Å². The lowest BCUT2D eigenvalue weighted by atomic mass is 9.73. The van der Waals surface area contributed by atoms with Crippen molar-refractivity contribution in [1.82, 2.24) is 15.0 Å². The van der Waals surface area contributed by atoms with E-state index in [1.54, 1.807) is 6.07 Å². The first-order valence-corrected chi connectivity index (χ1v) is 12.9. The number of aromatic nitrogens is 3. The van der Waals surface area contributed by atoms with E-state index >= 15 is 0 Å². The van der Waals surface area contributed by atoms with Gasteiger partial charge in [0, 0.05) is 30.1 Å². The molecule has 6 nitrogen and oxygen atoms in total. The fourth-order valence-electron chi connectivity index (χ4n) is 5.36. The van der Waals surface area contributed by atoms with Crippen molar-refractivity contribution in [2.45, 2.75) is 35.4 Å². The molecular weight excluding hydrogens is 487 g/mol. The number of nitrogen functional groups attached to an aromatic ring is 1. The maximum atomic E-state index is 6.74. The number of piperidine rings is 1. The van der Waals surface area contributed by atoms with Gasteiger partial charge in [-0.2, -0.15) is 0 Å². The highest BCUT2D eigenvalue weighted by Gasteiger charge is 2.45. The molecule has 9 heteroatoms. The predicted octanol–water partition coefficient (Wildman–Crippen LogP) is 5.84. The van der Waals surface area contributed by atoms with Gasteiger partial charge in [-0.05, 0) is 47.9 Å². The van der Waals surface area contributed by atoms with Gasteiger partial charge in [0.25, 0.3) is 0 Å². The van der Waals surface area contributed by atoms with Gasteiger partial charge in [-0.25, -0.2) is 9.97 Å². The Hall–Kier alpha value is -2.45. The number of pyridine rings is 1. The number of hydrogen-bond acceptors (Lipinski definition) is 6. The second kappa shape index (κ2) is 8.34. The highest BCUT2D eigenvalue weighted by atomic mass is 35.5. The Kier molecular flexibility index (Phi) is 5.41. The van der Waals surface area contributed by atoms with Crippen molar-refractivity contribution in [2.75, 3.05) is 23.7 Å². The van der Waals surface area contributed by atoms with Crippen molar-refractivity contribution in [3.8, 4) is 0 Å². The number of benzene rings is 2. The van der Waals surface area contributed by atoms with Crippen LogP contribution < -0.4 is 16.4 Å². The van der Waals surface area contributed by atoms with Crippen LogP contribution >= 0.6 is 35.0 Å². The number of aromatic amines is 1. The third kappa shape index (κ3) is 3.62. The molecule has 1 spiro atoms. The van der Waals surface area contributed by atoms with E-state index in [1.807, 2.05) is 18.2 Å². The molecule has 2 aliphatic rings. The summed E-state index contributed by atoms with van der Waals surface area (Å²) in [6.07, 6.45) is 3.10. The van der Waals surface area contributed by atoms with Crippen molar-refractivity contribution in [3.63, 3.8) is 0 Å². The summed E-state index contributed by atoms with van der Waals surface area (Å²) < 4.78 is 0. The summed E-state index contributed by atoms with van der Waals surface area (Å²) in [5.41, 5.74) is 17.4. The van der Waals surface area contributed by atoms with Gasteiger partial charge < -0.3 is 21.4 Å². The van der Waals surface area contributed by atoms with E-state index in [1.165, 1.54) is 22.9 Å². The van der Waals surface area contributed by atoms with Gasteiger partial charge >= 0.3 is 0 Å². The average Bonchev–Trinajstić information content (AvgIpc) is 3.36. The number of anilines is 2. The van der Waals surface area contributed by atoms with Crippen molar-refractivity contribution in [1.29, 1.82) is 0 Å². The second-order valence-electron chi connectivity index (χ2n) is 9.16. The fraction of sp³-hybridized carbons (Fsp3) is 0.280. The Bertz CT molecular complexity index is 1400. The quantitative estimate of drug-likeness (QED) is 0.320. The Balaban J connectivity index is 1.23. The van der Waals surface area contributed by atoms with Crippen molar-refractivity contribution < 1.29 is 0 Å². The molecule has 0 radical (unpaired) electrons. The van der Waals surface area contributed by atoms with E-state index in [0.717, 1.165) is 54.1 Å². The Morgan fingerprint density at radius 3 is 2.65 bits per heavy atom. The first kappa shape index (κ1) is 22.0. The summed E-state index contributed by atoms with van der Waals surface area (Å²) in [6.45, 7) is 1.79. The zero-order valence-corrected chi connectivity index (χ0v) is 20.7. The molecule has 1 aliphatic carbocycles. The van der Waals surface area contributed by atoms with E-state index in [-0.39, 0.29) is 11.5 Å². The van der Waals surface area contributed by atoms with Gasteiger partial charge in [0.05, 0.1) is 15.6 Å². The number of H-pyrrole nitrogens is 1. The number of imidazole rings is 1. The summed E-state index contributed by atoms with van der Waals surface area (Å²) in [4.78, 5) is 15.8. The number of nitrogens with zero attached hydrogens (tertiary/aromatic N) is 3. The van der Waals surface area contributed by atoms with E-state index in [2.05, 4.69) is 34.1 Å². The van der Waals surface area contributed by atoms with Gasteiger partial charge in [0.1, 0.15) is 11.3 Å². The third-order valence-electron chi connectivity index (χ3n) is 7.27. The topological polar surface area (TPSA) is 96.8 Å². The number of nitrogens with two attached hydrogens (primary N) is 2. The standard InChI is InChI=1S/C25H24Cl2N6S/c26-16-6-3-7-18(20(16)27)34-24-30-17-12-19(31-23(29)21(17)32-24)33-10-8-25(9-11-33)13-14-4-1-2-5-15(14)22(25)28/h1-7,12,22H,8-11,13,28H2,(H2,29,31)(H,30,32)/t22-/m1/s1. The van der Waals surface area contributed by atoms with Crippen LogP contribution in [0.4, 0.5) is 11.6 Å². The molecule has 34 heavy (non-hydrogen) atoms. The van der Waals surface area contributed by atoms with E-state index < -0.39 is 0 Å². The molecule has 0 bridgehead atoms. The number of rotatable bonds is 3. The number of nitrogens with one attached hydrogen (secondary N) is 1. The van der Waals surface area contributed by atoms with Crippen LogP contribution in [-0.4, -0.2) is 28.0 Å². The van der Waals surface area contributed by atoms with Crippen LogP contribution in [0, 0.1) is 5.41 Å². The van der Waals surface area contributed by atoms with E-state index in [0.29, 0.717) is 21.0 Å². The zero-order valence-electron chi connectivity index (χ0n) is 18.4. The van der Waals surface area contributed by atoms with E-state index in [9.17, 15) is 0 Å². The monoisotopic (exact) mass is 510 g/mol. The second-order valence-corrected chi connectivity index (χ2v) is 11.0. The van der Waals surface area contributed by atoms with Gasteiger partial charge in [-0.3, -0.25) is 0 Å². The molecule has 2 aromatic carbocycles. The van der Waals surface area contributed by atoms with Gasteiger partial charge in [0.2, 0.25) is 0 Å². The van der Waals surface area contributed by atoms with Gasteiger partial charge in [-0.15, -0.1) is 0 Å². The molecule has 1 atom stereocenters. The molecule has 3 heterocycles. The zero-order chi connectivity index (χ0) is 23.4. The maximum absolute atomic E-state index is 6.74. The first-order chi connectivity index (χ1) is 16.4. The molecule has 6 rings (SSSR count). The number of fused-ring (bicyclic) bond motifs is 2. The normalized spacial score (nSPS) is 19.1.